The Bertz CT molecular complexity index is 866. The van der Waals surface area contributed by atoms with Crippen LogP contribution < -0.4 is 0 Å². The molecule has 5 atom stereocenters. The van der Waals surface area contributed by atoms with Gasteiger partial charge in [0.25, 0.3) is 0 Å². The van der Waals surface area contributed by atoms with Crippen molar-refractivity contribution in [2.24, 2.45) is 0 Å². The highest BCUT2D eigenvalue weighted by Crippen LogP contribution is 2.24. The molecule has 31 heavy (non-hydrogen) atoms. The Morgan fingerprint density at radius 1 is 1.00 bits per heavy atom. The first-order chi connectivity index (χ1) is 14.5. The fourth-order valence-electron chi connectivity index (χ4n) is 3.09. The SMILES string of the molecule is CCCN(CCC)S(=O)(=O)c1ccc(C(=O)O[C@H]2O[C@H](C(=O)O)[C@@H](O)[C@H](O)[C@@H]2O)cc1. The number of ether oxygens (including phenoxy) is 2. The summed E-state index contributed by atoms with van der Waals surface area (Å²) < 4.78 is 36.7. The van der Waals surface area contributed by atoms with Crippen LogP contribution in [0.15, 0.2) is 29.2 Å². The third-order valence-electron chi connectivity index (χ3n) is 4.71. The Morgan fingerprint density at radius 2 is 1.55 bits per heavy atom. The van der Waals surface area contributed by atoms with Crippen LogP contribution in [0.3, 0.4) is 0 Å². The Labute approximate surface area is 179 Å². The lowest BCUT2D eigenvalue weighted by Crippen LogP contribution is -2.60. The molecule has 0 unspecified atom stereocenters. The molecule has 0 saturated carbocycles. The minimum Gasteiger partial charge on any atom is -0.479 e. The zero-order valence-electron chi connectivity index (χ0n) is 17.1. The van der Waals surface area contributed by atoms with Crippen LogP contribution in [-0.4, -0.2) is 88.9 Å². The van der Waals surface area contributed by atoms with E-state index in [-0.39, 0.29) is 10.5 Å². The summed E-state index contributed by atoms with van der Waals surface area (Å²) in [5.41, 5.74) is -0.0835. The summed E-state index contributed by atoms with van der Waals surface area (Å²) in [6.45, 7) is 4.44. The van der Waals surface area contributed by atoms with Gasteiger partial charge in [0, 0.05) is 13.1 Å². The quantitative estimate of drug-likeness (QED) is 0.353. The lowest BCUT2D eigenvalue weighted by atomic mass is 9.99. The number of carboxylic acid groups (broad SMARTS) is 1. The molecule has 1 saturated heterocycles. The molecular weight excluding hydrogens is 434 g/mol. The molecule has 0 aromatic heterocycles. The highest BCUT2D eigenvalue weighted by molar-refractivity contribution is 7.89. The number of esters is 1. The minimum absolute atomic E-state index is 0.00983. The van der Waals surface area contributed by atoms with Crippen LogP contribution in [0, 0.1) is 0 Å². The number of carbonyl (C=O) groups excluding carboxylic acids is 1. The van der Waals surface area contributed by atoms with E-state index < -0.39 is 52.7 Å². The molecule has 0 radical (unpaired) electrons. The Hall–Kier alpha value is -2.09. The van der Waals surface area contributed by atoms with Gasteiger partial charge in [-0.2, -0.15) is 4.31 Å². The molecule has 1 aliphatic rings. The molecule has 0 aliphatic carbocycles. The van der Waals surface area contributed by atoms with Crippen LogP contribution in [0.1, 0.15) is 37.0 Å². The van der Waals surface area contributed by atoms with Gasteiger partial charge in [-0.15, -0.1) is 0 Å². The van der Waals surface area contributed by atoms with Gasteiger partial charge in [-0.05, 0) is 37.1 Å². The number of aliphatic hydroxyl groups excluding tert-OH is 3. The standard InChI is InChI=1S/C19H27NO10S/c1-3-9-20(10-4-2)31(27,28)12-7-5-11(6-8-12)18(26)30-19-15(23)13(21)14(22)16(29-19)17(24)25/h5-8,13-16,19,21-23H,3-4,9-10H2,1-2H3,(H,24,25)/t13-,14-,15-,16-,19+/m0/s1. The van der Waals surface area contributed by atoms with E-state index in [9.17, 15) is 33.3 Å². The van der Waals surface area contributed by atoms with Gasteiger partial charge in [0.05, 0.1) is 10.5 Å². The van der Waals surface area contributed by atoms with Crippen LogP contribution in [0.2, 0.25) is 0 Å². The average molecular weight is 461 g/mol. The van der Waals surface area contributed by atoms with Crippen LogP contribution >= 0.6 is 0 Å². The second kappa shape index (κ2) is 10.5. The maximum Gasteiger partial charge on any atom is 0.340 e. The molecule has 1 aliphatic heterocycles. The van der Waals surface area contributed by atoms with Gasteiger partial charge < -0.3 is 29.9 Å². The zero-order valence-corrected chi connectivity index (χ0v) is 17.9. The number of carbonyl (C=O) groups is 2. The van der Waals surface area contributed by atoms with E-state index >= 15 is 0 Å². The molecule has 12 heteroatoms. The monoisotopic (exact) mass is 461 g/mol. The van der Waals surface area contributed by atoms with Crippen molar-refractivity contribution in [1.82, 2.24) is 4.31 Å². The minimum atomic E-state index is -3.74. The topological polar surface area (TPSA) is 171 Å². The maximum absolute atomic E-state index is 12.8. The number of sulfonamides is 1. The highest BCUT2D eigenvalue weighted by atomic mass is 32.2. The molecule has 0 amide bonds. The van der Waals surface area contributed by atoms with Gasteiger partial charge >= 0.3 is 11.9 Å². The van der Waals surface area contributed by atoms with E-state index in [1.165, 1.54) is 28.6 Å². The van der Waals surface area contributed by atoms with E-state index in [0.717, 1.165) is 0 Å². The normalized spacial score (nSPS) is 26.6. The number of benzene rings is 1. The van der Waals surface area contributed by atoms with Gasteiger partial charge in [0.1, 0.15) is 18.3 Å². The lowest BCUT2D eigenvalue weighted by molar-refractivity contribution is -0.278. The summed E-state index contributed by atoms with van der Waals surface area (Å²) in [7, 11) is -3.74. The summed E-state index contributed by atoms with van der Waals surface area (Å²) in [6.07, 6.45) is -8.18. The van der Waals surface area contributed by atoms with Crippen LogP contribution in [-0.2, 0) is 24.3 Å². The molecule has 0 bridgehead atoms. The van der Waals surface area contributed by atoms with Crippen molar-refractivity contribution in [3.63, 3.8) is 0 Å². The van der Waals surface area contributed by atoms with Crippen molar-refractivity contribution in [3.8, 4) is 0 Å². The number of hydrogen-bond acceptors (Lipinski definition) is 9. The number of nitrogens with zero attached hydrogens (tertiary/aromatic N) is 1. The third kappa shape index (κ3) is 5.59. The second-order valence-electron chi connectivity index (χ2n) is 7.07. The van der Waals surface area contributed by atoms with Crippen LogP contribution in [0.25, 0.3) is 0 Å². The fraction of sp³-hybridized carbons (Fsp3) is 0.579. The van der Waals surface area contributed by atoms with Gasteiger partial charge in [0.15, 0.2) is 6.10 Å². The molecular formula is C19H27NO10S. The predicted molar refractivity (Wildman–Crippen MR) is 106 cm³/mol. The van der Waals surface area contributed by atoms with Gasteiger partial charge in [-0.1, -0.05) is 13.8 Å². The van der Waals surface area contributed by atoms with E-state index in [2.05, 4.69) is 0 Å². The fourth-order valence-corrected chi connectivity index (χ4v) is 4.71. The molecule has 11 nitrogen and oxygen atoms in total. The van der Waals surface area contributed by atoms with E-state index in [0.29, 0.717) is 25.9 Å². The number of aliphatic hydroxyl groups is 3. The van der Waals surface area contributed by atoms with Crippen molar-refractivity contribution in [2.45, 2.75) is 62.3 Å². The lowest BCUT2D eigenvalue weighted by Gasteiger charge is -2.37. The van der Waals surface area contributed by atoms with Crippen molar-refractivity contribution in [2.75, 3.05) is 13.1 Å². The predicted octanol–water partition coefficient (Wildman–Crippen LogP) is -0.454. The summed E-state index contributed by atoms with van der Waals surface area (Å²) in [5, 5.41) is 38.4. The van der Waals surface area contributed by atoms with Crippen molar-refractivity contribution < 1.29 is 47.9 Å². The third-order valence-corrected chi connectivity index (χ3v) is 6.62. The summed E-state index contributed by atoms with van der Waals surface area (Å²) >= 11 is 0. The Morgan fingerprint density at radius 3 is 2.03 bits per heavy atom. The van der Waals surface area contributed by atoms with E-state index in [4.69, 9.17) is 14.6 Å². The summed E-state index contributed by atoms with van der Waals surface area (Å²) in [4.78, 5) is 23.5. The van der Waals surface area contributed by atoms with Crippen LogP contribution in [0.4, 0.5) is 0 Å². The summed E-state index contributed by atoms with van der Waals surface area (Å²) in [5.74, 6) is -2.66. The largest absolute Gasteiger partial charge is 0.479 e. The van der Waals surface area contributed by atoms with Gasteiger partial charge in [-0.3, -0.25) is 0 Å². The first kappa shape index (κ1) is 25.2. The Balaban J connectivity index is 2.16. The molecule has 2 rings (SSSR count). The van der Waals surface area contributed by atoms with Crippen molar-refractivity contribution >= 4 is 22.0 Å². The van der Waals surface area contributed by atoms with Crippen LogP contribution in [0.5, 0.6) is 0 Å². The molecule has 1 aromatic carbocycles. The Kier molecular flexibility index (Phi) is 8.51. The van der Waals surface area contributed by atoms with Crippen molar-refractivity contribution in [1.29, 1.82) is 0 Å². The number of aliphatic carboxylic acids is 1. The maximum atomic E-state index is 12.8. The van der Waals surface area contributed by atoms with E-state index in [1.54, 1.807) is 0 Å². The number of rotatable bonds is 9. The van der Waals surface area contributed by atoms with Crippen molar-refractivity contribution in [3.05, 3.63) is 29.8 Å². The highest BCUT2D eigenvalue weighted by Gasteiger charge is 2.48. The van der Waals surface area contributed by atoms with Gasteiger partial charge in [0.2, 0.25) is 16.3 Å². The number of carboxylic acids is 1. The zero-order chi connectivity index (χ0) is 23.3. The molecule has 1 heterocycles. The summed E-state index contributed by atoms with van der Waals surface area (Å²) in [6, 6.07) is 4.89. The molecule has 174 valence electrons. The average Bonchev–Trinajstić information content (AvgIpc) is 2.73. The molecule has 1 aromatic rings. The number of hydrogen-bond donors (Lipinski definition) is 4. The molecule has 1 fully saturated rings. The molecule has 0 spiro atoms. The van der Waals surface area contributed by atoms with E-state index in [1.807, 2.05) is 13.8 Å². The first-order valence-electron chi connectivity index (χ1n) is 9.78. The molecule has 4 N–H and O–H groups in total. The van der Waals surface area contributed by atoms with Gasteiger partial charge in [-0.25, -0.2) is 18.0 Å². The first-order valence-corrected chi connectivity index (χ1v) is 11.2. The smallest absolute Gasteiger partial charge is 0.340 e. The second-order valence-corrected chi connectivity index (χ2v) is 9.01.